The molecular weight excluding hydrogens is 270 g/mol. The summed E-state index contributed by atoms with van der Waals surface area (Å²) in [5.74, 6) is 0.274. The maximum Gasteiger partial charge on any atom is 0.213 e. The van der Waals surface area contributed by atoms with Gasteiger partial charge in [0.2, 0.25) is 5.78 Å². The number of rotatable bonds is 6. The predicted molar refractivity (Wildman–Crippen MR) is 79.2 cm³/mol. The molecule has 21 heavy (non-hydrogen) atoms. The molecule has 0 bridgehead atoms. The lowest BCUT2D eigenvalue weighted by molar-refractivity contribution is 0.0973. The number of benzene rings is 1. The van der Waals surface area contributed by atoms with Crippen LogP contribution >= 0.6 is 0 Å². The summed E-state index contributed by atoms with van der Waals surface area (Å²) in [4.78, 5) is 24.9. The molecule has 0 unspecified atom stereocenters. The van der Waals surface area contributed by atoms with Gasteiger partial charge in [0, 0.05) is 12.6 Å². The van der Waals surface area contributed by atoms with Crippen molar-refractivity contribution in [3.05, 3.63) is 35.0 Å². The highest BCUT2D eigenvalue weighted by atomic mass is 16.5. The van der Waals surface area contributed by atoms with Gasteiger partial charge >= 0.3 is 0 Å². The van der Waals surface area contributed by atoms with Crippen LogP contribution in [0.1, 0.15) is 40.5 Å². The van der Waals surface area contributed by atoms with Crippen molar-refractivity contribution >= 4 is 11.6 Å². The molecule has 0 aliphatic heterocycles. The normalized spacial score (nSPS) is 13.6. The van der Waals surface area contributed by atoms with Crippen LogP contribution in [-0.2, 0) is 0 Å². The average molecular weight is 289 g/mol. The monoisotopic (exact) mass is 289 g/mol. The zero-order chi connectivity index (χ0) is 15.4. The first kappa shape index (κ1) is 15.1. The lowest BCUT2D eigenvalue weighted by Gasteiger charge is -2.20. The van der Waals surface area contributed by atoms with E-state index in [2.05, 4.69) is 12.2 Å². The molecule has 1 aliphatic carbocycles. The van der Waals surface area contributed by atoms with Crippen molar-refractivity contribution in [3.63, 3.8) is 0 Å². The van der Waals surface area contributed by atoms with Crippen LogP contribution in [0.4, 0.5) is 0 Å². The minimum absolute atomic E-state index is 0.239. The van der Waals surface area contributed by atoms with Crippen LogP contribution in [-0.4, -0.2) is 32.3 Å². The highest BCUT2D eigenvalue weighted by Crippen LogP contribution is 2.35. The van der Waals surface area contributed by atoms with Gasteiger partial charge in [-0.15, -0.1) is 0 Å². The van der Waals surface area contributed by atoms with E-state index in [9.17, 15) is 9.59 Å². The minimum Gasteiger partial charge on any atom is -0.496 e. The third-order valence-electron chi connectivity index (χ3n) is 3.41. The van der Waals surface area contributed by atoms with Gasteiger partial charge in [0.1, 0.15) is 11.5 Å². The third kappa shape index (κ3) is 2.77. The van der Waals surface area contributed by atoms with Gasteiger partial charge in [-0.1, -0.05) is 13.3 Å². The van der Waals surface area contributed by atoms with Gasteiger partial charge in [-0.05, 0) is 18.6 Å². The van der Waals surface area contributed by atoms with Crippen molar-refractivity contribution in [1.82, 2.24) is 5.32 Å². The van der Waals surface area contributed by atoms with E-state index in [4.69, 9.17) is 9.47 Å². The van der Waals surface area contributed by atoms with Crippen LogP contribution in [0.3, 0.4) is 0 Å². The van der Waals surface area contributed by atoms with Crippen molar-refractivity contribution in [3.8, 4) is 11.5 Å². The van der Waals surface area contributed by atoms with Gasteiger partial charge in [0.05, 0.1) is 31.0 Å². The fourth-order valence-corrected chi connectivity index (χ4v) is 2.31. The molecule has 112 valence electrons. The van der Waals surface area contributed by atoms with Crippen LogP contribution in [0.2, 0.25) is 0 Å². The summed E-state index contributed by atoms with van der Waals surface area (Å²) < 4.78 is 10.4. The summed E-state index contributed by atoms with van der Waals surface area (Å²) in [5.41, 5.74) is 0.846. The standard InChI is InChI=1S/C16H19NO4/c1-4-5-8-17-10-9-11(18)14-12(20-2)6-7-13(21-3)15(14)16(10)19/h6-7,9,17H,4-5,8H2,1-3H3. The van der Waals surface area contributed by atoms with Crippen LogP contribution in [0.15, 0.2) is 23.9 Å². The number of fused-ring (bicyclic) bond motifs is 1. The van der Waals surface area contributed by atoms with Crippen LogP contribution in [0.5, 0.6) is 11.5 Å². The first-order valence-corrected chi connectivity index (χ1v) is 6.93. The largest absolute Gasteiger partial charge is 0.496 e. The fourth-order valence-electron chi connectivity index (χ4n) is 2.31. The maximum absolute atomic E-state index is 12.6. The Kier molecular flexibility index (Phi) is 4.62. The molecule has 1 aliphatic rings. The van der Waals surface area contributed by atoms with Crippen molar-refractivity contribution < 1.29 is 19.1 Å². The van der Waals surface area contributed by atoms with Crippen LogP contribution in [0, 0.1) is 0 Å². The van der Waals surface area contributed by atoms with E-state index < -0.39 is 0 Å². The zero-order valence-corrected chi connectivity index (χ0v) is 12.5. The number of unbranched alkanes of at least 4 members (excludes halogenated alkanes) is 1. The molecular formula is C16H19NO4. The molecule has 1 aromatic rings. The number of Topliss-reactive ketones (excluding diaryl/α,β-unsaturated/α-hetero) is 1. The number of methoxy groups -OCH3 is 2. The van der Waals surface area contributed by atoms with E-state index in [1.165, 1.54) is 20.3 Å². The van der Waals surface area contributed by atoms with E-state index in [-0.39, 0.29) is 22.7 Å². The molecule has 5 nitrogen and oxygen atoms in total. The summed E-state index contributed by atoms with van der Waals surface area (Å²) in [7, 11) is 2.95. The Morgan fingerprint density at radius 1 is 1.05 bits per heavy atom. The highest BCUT2D eigenvalue weighted by Gasteiger charge is 2.31. The lowest BCUT2D eigenvalue weighted by atomic mass is 9.91. The smallest absolute Gasteiger partial charge is 0.213 e. The van der Waals surface area contributed by atoms with Crippen molar-refractivity contribution in [1.29, 1.82) is 0 Å². The zero-order valence-electron chi connectivity index (χ0n) is 12.5. The predicted octanol–water partition coefficient (Wildman–Crippen LogP) is 2.36. The Hall–Kier alpha value is -2.30. The molecule has 0 saturated heterocycles. The van der Waals surface area contributed by atoms with Crippen molar-refractivity contribution in [2.75, 3.05) is 20.8 Å². The number of allylic oxidation sites excluding steroid dienone is 2. The molecule has 0 spiro atoms. The van der Waals surface area contributed by atoms with Gasteiger partial charge in [0.25, 0.3) is 0 Å². The Labute approximate surface area is 123 Å². The van der Waals surface area contributed by atoms with E-state index in [0.29, 0.717) is 23.7 Å². The molecule has 1 aromatic carbocycles. The number of carbonyl (C=O) groups is 2. The minimum atomic E-state index is -0.251. The fraction of sp³-hybridized carbons (Fsp3) is 0.375. The maximum atomic E-state index is 12.6. The molecule has 2 rings (SSSR count). The summed E-state index contributed by atoms with van der Waals surface area (Å²) in [6, 6.07) is 3.27. The highest BCUT2D eigenvalue weighted by molar-refractivity contribution is 6.26. The number of ketones is 2. The Balaban J connectivity index is 2.45. The van der Waals surface area contributed by atoms with E-state index in [0.717, 1.165) is 12.8 Å². The van der Waals surface area contributed by atoms with Crippen LogP contribution < -0.4 is 14.8 Å². The summed E-state index contributed by atoms with van der Waals surface area (Å²) in [5, 5.41) is 3.03. The van der Waals surface area contributed by atoms with Gasteiger partial charge < -0.3 is 14.8 Å². The second kappa shape index (κ2) is 6.43. The van der Waals surface area contributed by atoms with Crippen LogP contribution in [0.25, 0.3) is 0 Å². The Morgan fingerprint density at radius 2 is 1.67 bits per heavy atom. The lowest BCUT2D eigenvalue weighted by Crippen LogP contribution is -2.28. The summed E-state index contributed by atoms with van der Waals surface area (Å²) in [6.07, 6.45) is 3.28. The van der Waals surface area contributed by atoms with Gasteiger partial charge in [-0.2, -0.15) is 0 Å². The SMILES string of the molecule is CCCCNC1=CC(=O)c2c(OC)ccc(OC)c2C1=O. The number of hydrogen-bond acceptors (Lipinski definition) is 5. The van der Waals surface area contributed by atoms with E-state index in [1.54, 1.807) is 12.1 Å². The summed E-state index contributed by atoms with van der Waals surface area (Å²) in [6.45, 7) is 2.72. The molecule has 0 saturated carbocycles. The molecule has 5 heteroatoms. The van der Waals surface area contributed by atoms with E-state index >= 15 is 0 Å². The van der Waals surface area contributed by atoms with Crippen molar-refractivity contribution in [2.24, 2.45) is 0 Å². The molecule has 0 fully saturated rings. The molecule has 0 aromatic heterocycles. The number of carbonyl (C=O) groups excluding carboxylic acids is 2. The number of ether oxygens (including phenoxy) is 2. The topological polar surface area (TPSA) is 64.6 Å². The number of hydrogen-bond donors (Lipinski definition) is 1. The average Bonchev–Trinajstić information content (AvgIpc) is 2.50. The van der Waals surface area contributed by atoms with Gasteiger partial charge in [-0.25, -0.2) is 0 Å². The molecule has 0 radical (unpaired) electrons. The van der Waals surface area contributed by atoms with E-state index in [1.807, 2.05) is 0 Å². The number of nitrogens with one attached hydrogen (secondary N) is 1. The first-order chi connectivity index (χ1) is 10.1. The molecule has 0 atom stereocenters. The first-order valence-electron chi connectivity index (χ1n) is 6.93. The Morgan fingerprint density at radius 3 is 2.24 bits per heavy atom. The molecule has 1 N–H and O–H groups in total. The summed E-state index contributed by atoms with van der Waals surface area (Å²) >= 11 is 0. The quantitative estimate of drug-likeness (QED) is 0.814. The second-order valence-corrected chi connectivity index (χ2v) is 4.75. The second-order valence-electron chi connectivity index (χ2n) is 4.75. The van der Waals surface area contributed by atoms with Crippen molar-refractivity contribution in [2.45, 2.75) is 19.8 Å². The van der Waals surface area contributed by atoms with Gasteiger partial charge in [-0.3, -0.25) is 9.59 Å². The third-order valence-corrected chi connectivity index (χ3v) is 3.41. The molecule has 0 amide bonds. The van der Waals surface area contributed by atoms with Gasteiger partial charge in [0.15, 0.2) is 5.78 Å². The Bertz CT molecular complexity index is 605. The molecule has 0 heterocycles.